The van der Waals surface area contributed by atoms with Crippen LogP contribution in [0.4, 0.5) is 13.2 Å². The zero-order chi connectivity index (χ0) is 10.6. The van der Waals surface area contributed by atoms with E-state index in [9.17, 15) is 22.8 Å². The van der Waals surface area contributed by atoms with E-state index in [0.717, 1.165) is 7.05 Å². The molecule has 76 valence electrons. The van der Waals surface area contributed by atoms with Crippen LogP contribution in [-0.4, -0.2) is 41.8 Å². The van der Waals surface area contributed by atoms with Crippen molar-refractivity contribution in [2.45, 2.75) is 6.18 Å². The maximum Gasteiger partial charge on any atom is 0.403 e. The molecule has 0 unspecified atom stereocenters. The van der Waals surface area contributed by atoms with E-state index in [2.05, 4.69) is 0 Å². The number of carboxylic acid groups (broad SMARTS) is 1. The number of aliphatic carboxylic acids is 1. The number of rotatable bonds is 2. The minimum absolute atomic E-state index is 0.344. The first-order valence-electron chi connectivity index (χ1n) is 3.04. The van der Waals surface area contributed by atoms with Gasteiger partial charge in [0.15, 0.2) is 0 Å². The van der Waals surface area contributed by atoms with Crippen molar-refractivity contribution in [3.05, 3.63) is 0 Å². The Kier molecular flexibility index (Phi) is 3.67. The van der Waals surface area contributed by atoms with E-state index in [1.165, 1.54) is 5.43 Å². The van der Waals surface area contributed by atoms with Crippen molar-refractivity contribution in [3.8, 4) is 0 Å². The van der Waals surface area contributed by atoms with Crippen molar-refractivity contribution in [1.29, 1.82) is 0 Å². The Morgan fingerprint density at radius 2 is 1.92 bits per heavy atom. The number of carbonyl (C=O) groups excluding carboxylic acids is 1. The van der Waals surface area contributed by atoms with E-state index in [1.807, 2.05) is 0 Å². The normalized spacial score (nSPS) is 11.5. The Morgan fingerprint density at radius 1 is 1.46 bits per heavy atom. The summed E-state index contributed by atoms with van der Waals surface area (Å²) >= 11 is 0. The second-order valence-electron chi connectivity index (χ2n) is 2.22. The number of amides is 1. The van der Waals surface area contributed by atoms with Crippen LogP contribution in [0.1, 0.15) is 0 Å². The molecule has 0 fully saturated rings. The third kappa shape index (κ3) is 5.91. The lowest BCUT2D eigenvalue weighted by molar-refractivity contribution is -0.161. The van der Waals surface area contributed by atoms with Gasteiger partial charge in [0.1, 0.15) is 6.54 Å². The van der Waals surface area contributed by atoms with Crippen LogP contribution in [0.25, 0.3) is 0 Å². The smallest absolute Gasteiger partial charge is 0.403 e. The van der Waals surface area contributed by atoms with E-state index >= 15 is 0 Å². The molecule has 5 nitrogen and oxygen atoms in total. The van der Waals surface area contributed by atoms with Crippen LogP contribution >= 0.6 is 0 Å². The minimum atomic E-state index is -4.49. The zero-order valence-corrected chi connectivity index (χ0v) is 6.55. The molecule has 0 heterocycles. The summed E-state index contributed by atoms with van der Waals surface area (Å²) in [6.45, 7) is -1.41. The summed E-state index contributed by atoms with van der Waals surface area (Å²) in [5.41, 5.74) is 1.51. The van der Waals surface area contributed by atoms with Crippen LogP contribution in [0.2, 0.25) is 0 Å². The molecule has 8 heteroatoms. The molecule has 2 N–H and O–H groups in total. The van der Waals surface area contributed by atoms with Crippen molar-refractivity contribution in [1.82, 2.24) is 10.4 Å². The Morgan fingerprint density at radius 3 is 2.23 bits per heavy atom. The maximum atomic E-state index is 11.6. The SMILES string of the molecule is CN(CC(F)(F)F)NC(=O)C(=O)O. The van der Waals surface area contributed by atoms with Crippen molar-refractivity contribution in [3.63, 3.8) is 0 Å². The molecule has 0 bridgehead atoms. The highest BCUT2D eigenvalue weighted by molar-refractivity contribution is 6.31. The predicted molar refractivity (Wildman–Crippen MR) is 34.5 cm³/mol. The summed E-state index contributed by atoms with van der Waals surface area (Å²) < 4.78 is 34.9. The fourth-order valence-electron chi connectivity index (χ4n) is 0.530. The molecule has 0 aliphatic rings. The highest BCUT2D eigenvalue weighted by Crippen LogP contribution is 2.14. The molecule has 1 amide bonds. The lowest BCUT2D eigenvalue weighted by Crippen LogP contribution is -2.46. The van der Waals surface area contributed by atoms with Gasteiger partial charge in [0.05, 0.1) is 0 Å². The van der Waals surface area contributed by atoms with Gasteiger partial charge >= 0.3 is 18.1 Å². The van der Waals surface area contributed by atoms with Crippen LogP contribution in [-0.2, 0) is 9.59 Å². The van der Waals surface area contributed by atoms with Gasteiger partial charge in [0.2, 0.25) is 0 Å². The minimum Gasteiger partial charge on any atom is -0.474 e. The largest absolute Gasteiger partial charge is 0.474 e. The van der Waals surface area contributed by atoms with Crippen molar-refractivity contribution in [2.75, 3.05) is 13.6 Å². The van der Waals surface area contributed by atoms with Crippen molar-refractivity contribution in [2.24, 2.45) is 0 Å². The number of hydrogen-bond acceptors (Lipinski definition) is 3. The second-order valence-corrected chi connectivity index (χ2v) is 2.22. The summed E-state index contributed by atoms with van der Waals surface area (Å²) in [6.07, 6.45) is -4.49. The third-order valence-corrected chi connectivity index (χ3v) is 0.903. The average Bonchev–Trinajstić information content (AvgIpc) is 1.81. The molecule has 0 saturated heterocycles. The number of carboxylic acids is 1. The van der Waals surface area contributed by atoms with E-state index in [-0.39, 0.29) is 0 Å². The molecule has 0 radical (unpaired) electrons. The van der Waals surface area contributed by atoms with Gasteiger partial charge in [-0.2, -0.15) is 13.2 Å². The summed E-state index contributed by atoms with van der Waals surface area (Å²) in [5.74, 6) is -3.35. The first kappa shape index (κ1) is 11.7. The fraction of sp³-hybridized carbons (Fsp3) is 0.600. The predicted octanol–water partition coefficient (Wildman–Crippen LogP) is -0.404. The van der Waals surface area contributed by atoms with Crippen LogP contribution in [0.3, 0.4) is 0 Å². The van der Waals surface area contributed by atoms with Gasteiger partial charge in [-0.3, -0.25) is 10.2 Å². The lowest BCUT2D eigenvalue weighted by atomic mass is 10.6. The molecule has 0 atom stereocenters. The standard InChI is InChI=1S/C5H7F3N2O3/c1-10(2-5(6,7)8)9-3(11)4(12)13/h2H2,1H3,(H,9,11)(H,12,13). The molecule has 0 saturated carbocycles. The number of nitrogens with zero attached hydrogens (tertiary/aromatic N) is 1. The van der Waals surface area contributed by atoms with E-state index < -0.39 is 24.6 Å². The molecule has 0 aliphatic carbocycles. The Bertz CT molecular complexity index is 216. The summed E-state index contributed by atoms with van der Waals surface area (Å²) in [5, 5.41) is 8.35. The zero-order valence-electron chi connectivity index (χ0n) is 6.55. The number of carbonyl (C=O) groups is 2. The Hall–Kier alpha value is -1.31. The third-order valence-electron chi connectivity index (χ3n) is 0.903. The van der Waals surface area contributed by atoms with Gasteiger partial charge in [-0.25, -0.2) is 9.80 Å². The highest BCUT2D eigenvalue weighted by Gasteiger charge is 2.30. The van der Waals surface area contributed by atoms with Gasteiger partial charge in [-0.15, -0.1) is 0 Å². The first-order chi connectivity index (χ1) is 5.72. The van der Waals surface area contributed by atoms with Gasteiger partial charge < -0.3 is 5.11 Å². The summed E-state index contributed by atoms with van der Waals surface area (Å²) in [4.78, 5) is 20.2. The average molecular weight is 200 g/mol. The molecule has 0 aromatic heterocycles. The number of nitrogens with one attached hydrogen (secondary N) is 1. The Labute approximate surface area is 71.1 Å². The number of halogens is 3. The summed E-state index contributed by atoms with van der Waals surface area (Å²) in [7, 11) is 0.911. The molecule has 13 heavy (non-hydrogen) atoms. The second kappa shape index (κ2) is 4.08. The molecule has 0 aromatic rings. The van der Waals surface area contributed by atoms with Gasteiger partial charge in [-0.1, -0.05) is 0 Å². The van der Waals surface area contributed by atoms with E-state index in [4.69, 9.17) is 5.11 Å². The van der Waals surface area contributed by atoms with Crippen molar-refractivity contribution < 1.29 is 27.9 Å². The number of hydrazine groups is 1. The maximum absolute atomic E-state index is 11.6. The van der Waals surface area contributed by atoms with Gasteiger partial charge in [0, 0.05) is 7.05 Å². The van der Waals surface area contributed by atoms with Gasteiger partial charge in [0.25, 0.3) is 0 Å². The highest BCUT2D eigenvalue weighted by atomic mass is 19.4. The number of hydrogen-bond donors (Lipinski definition) is 2. The van der Waals surface area contributed by atoms with Crippen LogP contribution < -0.4 is 5.43 Å². The molecule has 0 spiro atoms. The quantitative estimate of drug-likeness (QED) is 0.470. The molecule has 0 aliphatic heterocycles. The monoisotopic (exact) mass is 200 g/mol. The number of alkyl halides is 3. The van der Waals surface area contributed by atoms with E-state index in [0.29, 0.717) is 5.01 Å². The van der Waals surface area contributed by atoms with Crippen molar-refractivity contribution >= 4 is 11.9 Å². The first-order valence-corrected chi connectivity index (χ1v) is 3.04. The molecular formula is C5H7F3N2O3. The van der Waals surface area contributed by atoms with Crippen LogP contribution in [0.15, 0.2) is 0 Å². The van der Waals surface area contributed by atoms with Gasteiger partial charge in [-0.05, 0) is 0 Å². The Balaban J connectivity index is 3.95. The molecule has 0 aromatic carbocycles. The molecular weight excluding hydrogens is 193 g/mol. The van der Waals surface area contributed by atoms with Crippen LogP contribution in [0, 0.1) is 0 Å². The molecule has 0 rings (SSSR count). The lowest BCUT2D eigenvalue weighted by Gasteiger charge is -2.17. The fourth-order valence-corrected chi connectivity index (χ4v) is 0.530. The van der Waals surface area contributed by atoms with Crippen LogP contribution in [0.5, 0.6) is 0 Å². The topological polar surface area (TPSA) is 69.6 Å². The summed E-state index contributed by atoms with van der Waals surface area (Å²) in [6, 6.07) is 0. The van der Waals surface area contributed by atoms with E-state index in [1.54, 1.807) is 0 Å².